The summed E-state index contributed by atoms with van der Waals surface area (Å²) in [4.78, 5) is 35.2. The molecule has 0 aromatic carbocycles. The minimum atomic E-state index is -0.766. The molecule has 7 nitrogen and oxygen atoms in total. The standard InChI is InChI=1S/C10H14N2O5/c1-16-9(14)7-5-12(7)10(15)17-8(13)6-2-3-11-4-6/h6-7,11H,2-5H2,1H3/t6?,7-,12?/m0/s1. The Hall–Kier alpha value is -1.63. The summed E-state index contributed by atoms with van der Waals surface area (Å²) in [6.07, 6.45) is -0.0932. The highest BCUT2D eigenvalue weighted by molar-refractivity contribution is 5.92. The van der Waals surface area contributed by atoms with E-state index >= 15 is 0 Å². The van der Waals surface area contributed by atoms with Gasteiger partial charge in [-0.15, -0.1) is 0 Å². The lowest BCUT2D eigenvalue weighted by molar-refractivity contribution is -0.144. The highest BCUT2D eigenvalue weighted by atomic mass is 16.6. The molecule has 17 heavy (non-hydrogen) atoms. The molecular formula is C10H14N2O5. The zero-order valence-corrected chi connectivity index (χ0v) is 9.47. The van der Waals surface area contributed by atoms with Gasteiger partial charge in [-0.25, -0.2) is 9.59 Å². The summed E-state index contributed by atoms with van der Waals surface area (Å²) in [7, 11) is 1.25. The Bertz CT molecular complexity index is 351. The van der Waals surface area contributed by atoms with Crippen molar-refractivity contribution in [3.63, 3.8) is 0 Å². The predicted octanol–water partition coefficient (Wildman–Crippen LogP) is -0.884. The molecule has 1 N–H and O–H groups in total. The lowest BCUT2D eigenvalue weighted by Gasteiger charge is -2.08. The van der Waals surface area contributed by atoms with E-state index < -0.39 is 24.1 Å². The number of amides is 1. The molecule has 0 bridgehead atoms. The molecule has 2 heterocycles. The third-order valence-corrected chi connectivity index (χ3v) is 2.90. The average molecular weight is 242 g/mol. The number of ether oxygens (including phenoxy) is 2. The lowest BCUT2D eigenvalue weighted by atomic mass is 10.1. The summed E-state index contributed by atoms with van der Waals surface area (Å²) in [5.41, 5.74) is 0. The third-order valence-electron chi connectivity index (χ3n) is 2.90. The number of hydrogen-bond acceptors (Lipinski definition) is 6. The molecule has 2 fully saturated rings. The first-order valence-corrected chi connectivity index (χ1v) is 5.44. The van der Waals surface area contributed by atoms with Crippen LogP contribution in [0.4, 0.5) is 4.79 Å². The Kier molecular flexibility index (Phi) is 3.28. The molecule has 0 aromatic rings. The van der Waals surface area contributed by atoms with Gasteiger partial charge in [0, 0.05) is 6.54 Å². The molecule has 0 aromatic heterocycles. The molecule has 2 saturated heterocycles. The van der Waals surface area contributed by atoms with Gasteiger partial charge in [0.2, 0.25) is 0 Å². The SMILES string of the molecule is COC(=O)[C@@H]1CN1C(=O)OC(=O)C1CCNC1. The van der Waals surface area contributed by atoms with Crippen LogP contribution < -0.4 is 5.32 Å². The molecule has 0 spiro atoms. The second-order valence-corrected chi connectivity index (χ2v) is 4.07. The summed E-state index contributed by atoms with van der Waals surface area (Å²) in [6, 6.07) is -0.595. The summed E-state index contributed by atoms with van der Waals surface area (Å²) in [6.45, 7) is 1.54. The maximum absolute atomic E-state index is 11.5. The van der Waals surface area contributed by atoms with E-state index in [-0.39, 0.29) is 12.5 Å². The average Bonchev–Trinajstić information content (AvgIpc) is 2.93. The van der Waals surface area contributed by atoms with E-state index in [1.54, 1.807) is 0 Å². The Morgan fingerprint density at radius 3 is 2.65 bits per heavy atom. The van der Waals surface area contributed by atoms with Gasteiger partial charge in [0.05, 0.1) is 19.6 Å². The van der Waals surface area contributed by atoms with E-state index in [1.807, 2.05) is 0 Å². The smallest absolute Gasteiger partial charge is 0.418 e. The number of hydrogen-bond donors (Lipinski definition) is 1. The van der Waals surface area contributed by atoms with Crippen molar-refractivity contribution in [2.45, 2.75) is 12.5 Å². The van der Waals surface area contributed by atoms with Crippen LogP contribution in [0.3, 0.4) is 0 Å². The summed E-state index contributed by atoms with van der Waals surface area (Å²) in [5.74, 6) is -1.29. The fourth-order valence-corrected chi connectivity index (χ4v) is 1.76. The monoisotopic (exact) mass is 242 g/mol. The summed E-state index contributed by atoms with van der Waals surface area (Å²) < 4.78 is 9.16. The van der Waals surface area contributed by atoms with E-state index in [0.717, 1.165) is 11.4 Å². The van der Waals surface area contributed by atoms with Crippen molar-refractivity contribution < 1.29 is 23.9 Å². The predicted molar refractivity (Wildman–Crippen MR) is 55.0 cm³/mol. The first kappa shape index (κ1) is 11.8. The molecule has 1 amide bonds. The Labute approximate surface area is 98.0 Å². The Balaban J connectivity index is 1.78. The van der Waals surface area contributed by atoms with Gasteiger partial charge in [-0.2, -0.15) is 0 Å². The zero-order valence-electron chi connectivity index (χ0n) is 9.47. The van der Waals surface area contributed by atoms with E-state index in [4.69, 9.17) is 0 Å². The van der Waals surface area contributed by atoms with Crippen LogP contribution >= 0.6 is 0 Å². The van der Waals surface area contributed by atoms with Gasteiger partial charge in [0.1, 0.15) is 0 Å². The number of carbonyl (C=O) groups excluding carboxylic acids is 3. The molecule has 0 aliphatic carbocycles. The highest BCUT2D eigenvalue weighted by Gasteiger charge is 2.47. The van der Waals surface area contributed by atoms with Crippen LogP contribution in [0.15, 0.2) is 0 Å². The largest absolute Gasteiger partial charge is 0.467 e. The molecule has 94 valence electrons. The van der Waals surface area contributed by atoms with Gasteiger partial charge >= 0.3 is 18.0 Å². The molecule has 2 aliphatic rings. The van der Waals surface area contributed by atoms with E-state index in [0.29, 0.717) is 13.0 Å². The van der Waals surface area contributed by atoms with Crippen LogP contribution in [0.25, 0.3) is 0 Å². The number of rotatable bonds is 2. The van der Waals surface area contributed by atoms with Crippen molar-refractivity contribution >= 4 is 18.0 Å². The van der Waals surface area contributed by atoms with Crippen LogP contribution in [-0.2, 0) is 19.1 Å². The number of methoxy groups -OCH3 is 1. The number of nitrogens with one attached hydrogen (secondary N) is 1. The zero-order chi connectivity index (χ0) is 12.4. The minimum absolute atomic E-state index is 0.252. The number of esters is 2. The first-order chi connectivity index (χ1) is 8.13. The molecule has 0 radical (unpaired) electrons. The van der Waals surface area contributed by atoms with Gasteiger partial charge < -0.3 is 14.8 Å². The maximum atomic E-state index is 11.5. The van der Waals surface area contributed by atoms with Crippen molar-refractivity contribution in [1.82, 2.24) is 10.2 Å². The fourth-order valence-electron chi connectivity index (χ4n) is 1.76. The second-order valence-electron chi connectivity index (χ2n) is 4.07. The number of carbonyl (C=O) groups is 3. The topological polar surface area (TPSA) is 84.7 Å². The molecule has 2 aliphatic heterocycles. The molecule has 2 atom stereocenters. The fraction of sp³-hybridized carbons (Fsp3) is 0.700. The van der Waals surface area contributed by atoms with E-state index in [1.165, 1.54) is 7.11 Å². The van der Waals surface area contributed by atoms with Crippen molar-refractivity contribution in [1.29, 1.82) is 0 Å². The maximum Gasteiger partial charge on any atom is 0.418 e. The van der Waals surface area contributed by atoms with Crippen molar-refractivity contribution in [2.24, 2.45) is 5.92 Å². The molecule has 2 rings (SSSR count). The van der Waals surface area contributed by atoms with E-state index in [2.05, 4.69) is 14.8 Å². The van der Waals surface area contributed by atoms with Gasteiger partial charge in [-0.3, -0.25) is 9.69 Å². The lowest BCUT2D eigenvalue weighted by Crippen LogP contribution is -2.27. The van der Waals surface area contributed by atoms with Crippen molar-refractivity contribution in [3.8, 4) is 0 Å². The van der Waals surface area contributed by atoms with Crippen molar-refractivity contribution in [3.05, 3.63) is 0 Å². The Morgan fingerprint density at radius 1 is 1.29 bits per heavy atom. The van der Waals surface area contributed by atoms with Crippen LogP contribution in [-0.4, -0.2) is 55.7 Å². The summed E-state index contributed by atoms with van der Waals surface area (Å²) >= 11 is 0. The van der Waals surface area contributed by atoms with E-state index in [9.17, 15) is 14.4 Å². The molecule has 1 unspecified atom stereocenters. The van der Waals surface area contributed by atoms with Crippen LogP contribution in [0.2, 0.25) is 0 Å². The molecule has 0 saturated carbocycles. The normalized spacial score (nSPS) is 26.5. The number of nitrogens with zero attached hydrogens (tertiary/aromatic N) is 1. The van der Waals surface area contributed by atoms with Crippen LogP contribution in [0.5, 0.6) is 0 Å². The first-order valence-electron chi connectivity index (χ1n) is 5.44. The van der Waals surface area contributed by atoms with Crippen LogP contribution in [0.1, 0.15) is 6.42 Å². The molecule has 7 heteroatoms. The van der Waals surface area contributed by atoms with Crippen molar-refractivity contribution in [2.75, 3.05) is 26.7 Å². The van der Waals surface area contributed by atoms with Gasteiger partial charge in [0.15, 0.2) is 6.04 Å². The van der Waals surface area contributed by atoms with Crippen LogP contribution in [0, 0.1) is 5.92 Å². The minimum Gasteiger partial charge on any atom is -0.467 e. The second kappa shape index (κ2) is 4.70. The van der Waals surface area contributed by atoms with Gasteiger partial charge in [-0.1, -0.05) is 0 Å². The quantitative estimate of drug-likeness (QED) is 0.384. The molecular weight excluding hydrogens is 228 g/mol. The highest BCUT2D eigenvalue weighted by Crippen LogP contribution is 2.21. The third kappa shape index (κ3) is 2.55. The van der Waals surface area contributed by atoms with Gasteiger partial charge in [0.25, 0.3) is 0 Å². The Morgan fingerprint density at radius 2 is 2.06 bits per heavy atom. The van der Waals surface area contributed by atoms with Gasteiger partial charge in [-0.05, 0) is 13.0 Å². The summed E-state index contributed by atoms with van der Waals surface area (Å²) in [5, 5.41) is 3.01.